The van der Waals surface area contributed by atoms with Gasteiger partial charge in [0.15, 0.2) is 0 Å². The number of anilines is 1. The van der Waals surface area contributed by atoms with Crippen molar-refractivity contribution in [3.05, 3.63) is 75.5 Å². The van der Waals surface area contributed by atoms with Crippen LogP contribution in [0.5, 0.6) is 11.5 Å². The summed E-state index contributed by atoms with van der Waals surface area (Å²) in [4.78, 5) is 28.7. The number of benzene rings is 2. The highest BCUT2D eigenvalue weighted by molar-refractivity contribution is 8.00. The number of aryl methyl sites for hydroxylation is 2. The Kier molecular flexibility index (Phi) is 7.52. The highest BCUT2D eigenvalue weighted by Gasteiger charge is 2.39. The number of rotatable bonds is 8. The first kappa shape index (κ1) is 27.4. The Labute approximate surface area is 247 Å². The quantitative estimate of drug-likeness (QED) is 0.285. The predicted molar refractivity (Wildman–Crippen MR) is 164 cm³/mol. The van der Waals surface area contributed by atoms with Crippen molar-refractivity contribution in [2.75, 3.05) is 31.4 Å². The Morgan fingerprint density at radius 2 is 1.85 bits per heavy atom. The van der Waals surface area contributed by atoms with Crippen LogP contribution in [0.15, 0.2) is 53.2 Å². The Morgan fingerprint density at radius 1 is 1.10 bits per heavy atom. The molecule has 10 heteroatoms. The lowest BCUT2D eigenvalue weighted by atomic mass is 9.99. The Balaban J connectivity index is 1.67. The molecule has 1 aliphatic carbocycles. The number of amides is 2. The molecular weight excluding hydrogens is 556 g/mol. The smallest absolute Gasteiger partial charge is 0.240 e. The van der Waals surface area contributed by atoms with Crippen LogP contribution in [0, 0.1) is 13.8 Å². The molecule has 0 unspecified atom stereocenters. The summed E-state index contributed by atoms with van der Waals surface area (Å²) in [6.07, 6.45) is 1.94. The number of fused-ring (bicyclic) bond motifs is 1. The van der Waals surface area contributed by atoms with Gasteiger partial charge >= 0.3 is 0 Å². The summed E-state index contributed by atoms with van der Waals surface area (Å²) in [5.41, 5.74) is 6.25. The van der Waals surface area contributed by atoms with Gasteiger partial charge in [0.1, 0.15) is 29.6 Å². The summed E-state index contributed by atoms with van der Waals surface area (Å²) in [7, 11) is 3.25. The Morgan fingerprint density at radius 3 is 2.49 bits per heavy atom. The fourth-order valence-corrected chi connectivity index (χ4v) is 7.29. The topological polar surface area (TPSA) is 85.7 Å². The number of thiophene rings is 1. The van der Waals surface area contributed by atoms with Crippen LogP contribution in [0.4, 0.5) is 5.82 Å². The van der Waals surface area contributed by atoms with E-state index >= 15 is 0 Å². The molecule has 1 aliphatic heterocycles. The number of aromatic nitrogens is 2. The molecule has 212 valence electrons. The van der Waals surface area contributed by atoms with Crippen LogP contribution in [0.25, 0.3) is 16.9 Å². The number of hydrogen-bond donors (Lipinski definition) is 1. The van der Waals surface area contributed by atoms with Crippen LogP contribution in [0.3, 0.4) is 0 Å². The SMILES string of the molecule is COc1cccc(OC)c1-c1nn(-c2ccc(C)cc2C)c2c1[C@H](c1ccsc1)SCC(=O)N2CC(=O)NC1CC1. The molecule has 0 bridgehead atoms. The molecule has 0 radical (unpaired) electrons. The minimum Gasteiger partial charge on any atom is -0.496 e. The van der Waals surface area contributed by atoms with E-state index in [1.54, 1.807) is 42.2 Å². The van der Waals surface area contributed by atoms with Crippen LogP contribution < -0.4 is 19.7 Å². The van der Waals surface area contributed by atoms with Crippen LogP contribution >= 0.6 is 23.1 Å². The number of carbonyl (C=O) groups excluding carboxylic acids is 2. The third-order valence-electron chi connectivity index (χ3n) is 7.42. The molecule has 4 aromatic rings. The fraction of sp³-hybridized carbons (Fsp3) is 0.323. The van der Waals surface area contributed by atoms with Crippen LogP contribution in [0.1, 0.15) is 40.3 Å². The fourth-order valence-electron chi connectivity index (χ4n) is 5.33. The van der Waals surface area contributed by atoms with E-state index in [9.17, 15) is 9.59 Å². The summed E-state index contributed by atoms with van der Waals surface area (Å²) >= 11 is 3.16. The van der Waals surface area contributed by atoms with E-state index in [0.29, 0.717) is 28.6 Å². The summed E-state index contributed by atoms with van der Waals surface area (Å²) in [5, 5.41) is 12.2. The number of thioether (sulfide) groups is 1. The van der Waals surface area contributed by atoms with Crippen molar-refractivity contribution >= 4 is 40.7 Å². The predicted octanol–water partition coefficient (Wildman–Crippen LogP) is 5.68. The van der Waals surface area contributed by atoms with Gasteiger partial charge in [0.25, 0.3) is 0 Å². The van der Waals surface area contributed by atoms with E-state index < -0.39 is 0 Å². The van der Waals surface area contributed by atoms with Gasteiger partial charge in [0.2, 0.25) is 11.8 Å². The lowest BCUT2D eigenvalue weighted by molar-refractivity contribution is -0.123. The maximum Gasteiger partial charge on any atom is 0.240 e. The molecule has 0 spiro atoms. The Hall–Kier alpha value is -3.76. The second-order valence-electron chi connectivity index (χ2n) is 10.4. The second-order valence-corrected chi connectivity index (χ2v) is 12.3. The molecule has 3 heterocycles. The molecule has 41 heavy (non-hydrogen) atoms. The molecule has 2 aromatic heterocycles. The van der Waals surface area contributed by atoms with Crippen LogP contribution in [0.2, 0.25) is 0 Å². The average molecular weight is 589 g/mol. The van der Waals surface area contributed by atoms with E-state index in [1.807, 2.05) is 54.2 Å². The van der Waals surface area contributed by atoms with Crippen molar-refractivity contribution in [1.82, 2.24) is 15.1 Å². The van der Waals surface area contributed by atoms with E-state index in [-0.39, 0.29) is 35.4 Å². The molecule has 2 amide bonds. The lowest BCUT2D eigenvalue weighted by Gasteiger charge is -2.23. The van der Waals surface area contributed by atoms with Gasteiger partial charge in [-0.2, -0.15) is 16.4 Å². The van der Waals surface area contributed by atoms with Crippen LogP contribution in [-0.2, 0) is 9.59 Å². The molecule has 1 saturated carbocycles. The normalized spacial score (nSPS) is 16.7. The number of methoxy groups -OCH3 is 2. The molecule has 2 aliphatic rings. The third kappa shape index (κ3) is 5.22. The van der Waals surface area contributed by atoms with Gasteiger partial charge in [-0.3, -0.25) is 14.5 Å². The van der Waals surface area contributed by atoms with Gasteiger partial charge in [0, 0.05) is 11.6 Å². The third-order valence-corrected chi connectivity index (χ3v) is 9.38. The second kappa shape index (κ2) is 11.3. The maximum absolute atomic E-state index is 13.9. The summed E-state index contributed by atoms with van der Waals surface area (Å²) < 4.78 is 13.5. The molecular formula is C31H32N4O4S2. The van der Waals surface area contributed by atoms with E-state index in [0.717, 1.165) is 40.8 Å². The number of nitrogens with one attached hydrogen (secondary N) is 1. The van der Waals surface area contributed by atoms with Crippen molar-refractivity contribution in [1.29, 1.82) is 0 Å². The first-order valence-corrected chi connectivity index (χ1v) is 15.5. The standard InChI is InChI=1S/C31H32N4O4S2/c1-18-8-11-22(19(2)14-18)35-31-28(29(33-35)27-23(38-3)6-5-7-24(27)39-4)30(20-12-13-40-16-20)41-17-26(37)34(31)15-25(36)32-21-9-10-21/h5-8,11-14,16,21,30H,9-10,15,17H2,1-4H3,(H,32,36)/t30-/m0/s1. The molecule has 1 atom stereocenters. The van der Waals surface area contributed by atoms with E-state index in [4.69, 9.17) is 14.6 Å². The zero-order valence-corrected chi connectivity index (χ0v) is 25.1. The lowest BCUT2D eigenvalue weighted by Crippen LogP contribution is -2.43. The van der Waals surface area contributed by atoms with E-state index in [2.05, 4.69) is 22.8 Å². The highest BCUT2D eigenvalue weighted by atomic mass is 32.2. The highest BCUT2D eigenvalue weighted by Crippen LogP contribution is 2.52. The van der Waals surface area contributed by atoms with Crippen molar-refractivity contribution < 1.29 is 19.1 Å². The van der Waals surface area contributed by atoms with Gasteiger partial charge in [0.05, 0.1) is 36.5 Å². The first-order chi connectivity index (χ1) is 19.9. The van der Waals surface area contributed by atoms with Gasteiger partial charge in [-0.05, 0) is 72.8 Å². The summed E-state index contributed by atoms with van der Waals surface area (Å²) in [6.45, 7) is 4.00. The number of carbonyl (C=O) groups is 2. The largest absolute Gasteiger partial charge is 0.496 e. The first-order valence-electron chi connectivity index (χ1n) is 13.5. The van der Waals surface area contributed by atoms with Gasteiger partial charge < -0.3 is 14.8 Å². The molecule has 1 N–H and O–H groups in total. The van der Waals surface area contributed by atoms with Gasteiger partial charge in [-0.1, -0.05) is 23.8 Å². The zero-order chi connectivity index (χ0) is 28.7. The van der Waals surface area contributed by atoms with Crippen molar-refractivity contribution in [2.45, 2.75) is 38.0 Å². The molecule has 8 nitrogen and oxygen atoms in total. The molecule has 2 aromatic carbocycles. The van der Waals surface area contributed by atoms with Crippen molar-refractivity contribution in [3.63, 3.8) is 0 Å². The molecule has 6 rings (SSSR count). The van der Waals surface area contributed by atoms with Crippen LogP contribution in [-0.4, -0.2) is 54.2 Å². The summed E-state index contributed by atoms with van der Waals surface area (Å²) in [5.74, 6) is 1.73. The van der Waals surface area contributed by atoms with Crippen molar-refractivity contribution in [3.8, 4) is 28.4 Å². The minimum absolute atomic E-state index is 0.0850. The van der Waals surface area contributed by atoms with Gasteiger partial charge in [-0.15, -0.1) is 11.8 Å². The monoisotopic (exact) mass is 588 g/mol. The number of ether oxygens (including phenoxy) is 2. The van der Waals surface area contributed by atoms with E-state index in [1.165, 1.54) is 0 Å². The minimum atomic E-state index is -0.208. The number of nitrogens with zero attached hydrogens (tertiary/aromatic N) is 3. The van der Waals surface area contributed by atoms with Gasteiger partial charge in [-0.25, -0.2) is 4.68 Å². The number of hydrogen-bond acceptors (Lipinski definition) is 7. The average Bonchev–Trinajstić information content (AvgIpc) is 3.49. The molecule has 0 saturated heterocycles. The maximum atomic E-state index is 13.9. The zero-order valence-electron chi connectivity index (χ0n) is 23.5. The van der Waals surface area contributed by atoms with Crippen molar-refractivity contribution in [2.24, 2.45) is 0 Å². The Bertz CT molecular complexity index is 1590. The molecule has 1 fully saturated rings. The summed E-state index contributed by atoms with van der Waals surface area (Å²) in [6, 6.07) is 14.1.